The fourth-order valence-corrected chi connectivity index (χ4v) is 4.23. The van der Waals surface area contributed by atoms with Gasteiger partial charge in [0.15, 0.2) is 0 Å². The van der Waals surface area contributed by atoms with Crippen molar-refractivity contribution >= 4 is 52.2 Å². The summed E-state index contributed by atoms with van der Waals surface area (Å²) in [5.74, 6) is -0.779. The fourth-order valence-electron chi connectivity index (χ4n) is 3.35. The van der Waals surface area contributed by atoms with Crippen molar-refractivity contribution in [2.24, 2.45) is 0 Å². The van der Waals surface area contributed by atoms with E-state index in [1.165, 1.54) is 16.2 Å². The number of carbonyl (C=O) groups is 3. The molecule has 6 nitrogen and oxygen atoms in total. The number of amides is 4. The molecule has 1 N–H and O–H groups in total. The van der Waals surface area contributed by atoms with Crippen LogP contribution in [0.1, 0.15) is 11.3 Å². The van der Waals surface area contributed by atoms with E-state index < -0.39 is 18.0 Å². The number of imide groups is 1. The number of halogens is 1. The highest BCUT2D eigenvalue weighted by Crippen LogP contribution is 2.30. The molecule has 30 heavy (non-hydrogen) atoms. The second kappa shape index (κ2) is 8.69. The zero-order valence-electron chi connectivity index (χ0n) is 15.8. The van der Waals surface area contributed by atoms with Crippen LogP contribution in [0.15, 0.2) is 72.1 Å². The second-order valence-electron chi connectivity index (χ2n) is 6.78. The molecule has 1 aliphatic heterocycles. The van der Waals surface area contributed by atoms with E-state index in [0.717, 1.165) is 9.78 Å². The van der Waals surface area contributed by atoms with E-state index >= 15 is 0 Å². The standard InChI is InChI=1S/C22H18ClN3O3S/c23-15-6-4-9-17(12-15)26-21(28)19(13-20(27)24-16-7-2-1-3-8-16)25(22(26)29)14-18-10-5-11-30-18/h1-12,19H,13-14H2,(H,24,27)/t19-/m1/s1. The third-order valence-corrected chi connectivity index (χ3v) is 5.82. The molecule has 0 unspecified atom stereocenters. The highest BCUT2D eigenvalue weighted by molar-refractivity contribution is 7.09. The summed E-state index contributed by atoms with van der Waals surface area (Å²) in [5.41, 5.74) is 1.02. The Balaban J connectivity index is 1.60. The van der Waals surface area contributed by atoms with Gasteiger partial charge in [-0.05, 0) is 41.8 Å². The maximum atomic E-state index is 13.2. The first-order valence-corrected chi connectivity index (χ1v) is 10.6. The Kier molecular flexibility index (Phi) is 5.83. The summed E-state index contributed by atoms with van der Waals surface area (Å²) >= 11 is 7.55. The lowest BCUT2D eigenvalue weighted by Crippen LogP contribution is -2.37. The van der Waals surface area contributed by atoms with Crippen LogP contribution in [0.2, 0.25) is 5.02 Å². The SMILES string of the molecule is O=C(C[C@@H]1C(=O)N(c2cccc(Cl)c2)C(=O)N1Cc1cccs1)Nc1ccccc1. The van der Waals surface area contributed by atoms with Crippen LogP contribution in [0.25, 0.3) is 0 Å². The normalized spacial score (nSPS) is 16.2. The largest absolute Gasteiger partial charge is 0.332 e. The highest BCUT2D eigenvalue weighted by Gasteiger charge is 2.46. The molecule has 0 aliphatic carbocycles. The molecule has 2 heterocycles. The Bertz CT molecular complexity index is 1070. The molecule has 0 saturated carbocycles. The van der Waals surface area contributed by atoms with Gasteiger partial charge in [-0.1, -0.05) is 41.9 Å². The summed E-state index contributed by atoms with van der Waals surface area (Å²) in [4.78, 5) is 42.5. The molecule has 4 rings (SSSR count). The van der Waals surface area contributed by atoms with Crippen LogP contribution >= 0.6 is 22.9 Å². The molecule has 152 valence electrons. The van der Waals surface area contributed by atoms with E-state index in [2.05, 4.69) is 5.32 Å². The number of urea groups is 1. The zero-order valence-corrected chi connectivity index (χ0v) is 17.4. The Hall–Kier alpha value is -3.16. The van der Waals surface area contributed by atoms with Gasteiger partial charge in [0.25, 0.3) is 5.91 Å². The van der Waals surface area contributed by atoms with Crippen LogP contribution < -0.4 is 10.2 Å². The molecule has 2 aromatic carbocycles. The van der Waals surface area contributed by atoms with Gasteiger partial charge in [0.1, 0.15) is 6.04 Å². The Labute approximate surface area is 182 Å². The highest BCUT2D eigenvalue weighted by atomic mass is 35.5. The minimum Gasteiger partial charge on any atom is -0.326 e. The number of hydrogen-bond donors (Lipinski definition) is 1. The lowest BCUT2D eigenvalue weighted by Gasteiger charge is -2.21. The number of carbonyl (C=O) groups excluding carboxylic acids is 3. The minimum atomic E-state index is -0.901. The van der Waals surface area contributed by atoms with Crippen LogP contribution in [0.3, 0.4) is 0 Å². The van der Waals surface area contributed by atoms with Crippen LogP contribution in [-0.2, 0) is 16.1 Å². The molecule has 0 radical (unpaired) electrons. The summed E-state index contributed by atoms with van der Waals surface area (Å²) in [6.07, 6.45) is -0.137. The number of nitrogens with one attached hydrogen (secondary N) is 1. The number of benzene rings is 2. The molecule has 3 aromatic rings. The maximum absolute atomic E-state index is 13.2. The summed E-state index contributed by atoms with van der Waals surface area (Å²) in [6, 6.07) is 18.0. The van der Waals surface area contributed by atoms with Crippen molar-refractivity contribution in [1.82, 2.24) is 4.90 Å². The van der Waals surface area contributed by atoms with Crippen molar-refractivity contribution < 1.29 is 14.4 Å². The molecule has 8 heteroatoms. The van der Waals surface area contributed by atoms with E-state index in [-0.39, 0.29) is 18.9 Å². The fraction of sp³-hybridized carbons (Fsp3) is 0.136. The van der Waals surface area contributed by atoms with Crippen LogP contribution in [-0.4, -0.2) is 28.8 Å². The lowest BCUT2D eigenvalue weighted by molar-refractivity contribution is -0.124. The lowest BCUT2D eigenvalue weighted by atomic mass is 10.1. The average molecular weight is 440 g/mol. The predicted octanol–water partition coefficient (Wildman–Crippen LogP) is 4.77. The third kappa shape index (κ3) is 4.22. The average Bonchev–Trinajstić information content (AvgIpc) is 3.31. The van der Waals surface area contributed by atoms with Gasteiger partial charge >= 0.3 is 6.03 Å². The number of thiophene rings is 1. The molecule has 1 atom stereocenters. The van der Waals surface area contributed by atoms with Crippen molar-refractivity contribution in [3.8, 4) is 0 Å². The van der Waals surface area contributed by atoms with Crippen LogP contribution in [0.4, 0.5) is 16.2 Å². The molecule has 1 aromatic heterocycles. The molecule has 1 aliphatic rings. The first-order valence-electron chi connectivity index (χ1n) is 9.30. The van der Waals surface area contributed by atoms with Crippen molar-refractivity contribution in [3.63, 3.8) is 0 Å². The van der Waals surface area contributed by atoms with Gasteiger partial charge in [-0.2, -0.15) is 0 Å². The van der Waals surface area contributed by atoms with Crippen LogP contribution in [0, 0.1) is 0 Å². The first-order chi connectivity index (χ1) is 14.5. The summed E-state index contributed by atoms with van der Waals surface area (Å²) in [6.45, 7) is 0.253. The molecule has 1 saturated heterocycles. The van der Waals surface area contributed by atoms with Gasteiger partial charge in [0.2, 0.25) is 5.91 Å². The number of para-hydroxylation sites is 1. The maximum Gasteiger partial charge on any atom is 0.332 e. The van der Waals surface area contributed by atoms with E-state index in [1.807, 2.05) is 35.7 Å². The first kappa shape index (κ1) is 20.1. The smallest absolute Gasteiger partial charge is 0.326 e. The monoisotopic (exact) mass is 439 g/mol. The number of rotatable bonds is 6. The molecule has 4 amide bonds. The summed E-state index contributed by atoms with van der Waals surface area (Å²) in [7, 11) is 0. The van der Waals surface area contributed by atoms with E-state index in [9.17, 15) is 14.4 Å². The van der Waals surface area contributed by atoms with Crippen molar-refractivity contribution in [3.05, 3.63) is 82.0 Å². The molecular formula is C22H18ClN3O3S. The van der Waals surface area contributed by atoms with Gasteiger partial charge in [0.05, 0.1) is 18.7 Å². The van der Waals surface area contributed by atoms with Gasteiger partial charge < -0.3 is 10.2 Å². The van der Waals surface area contributed by atoms with Gasteiger partial charge in [-0.25, -0.2) is 9.69 Å². The molecule has 0 spiro atoms. The zero-order chi connectivity index (χ0) is 21.1. The predicted molar refractivity (Wildman–Crippen MR) is 118 cm³/mol. The van der Waals surface area contributed by atoms with E-state index in [1.54, 1.807) is 36.4 Å². The minimum absolute atomic E-state index is 0.137. The third-order valence-electron chi connectivity index (χ3n) is 4.73. The Morgan fingerprint density at radius 1 is 1.03 bits per heavy atom. The summed E-state index contributed by atoms with van der Waals surface area (Å²) in [5, 5.41) is 5.11. The topological polar surface area (TPSA) is 69.7 Å². The van der Waals surface area contributed by atoms with Gasteiger partial charge in [-0.15, -0.1) is 11.3 Å². The van der Waals surface area contributed by atoms with E-state index in [4.69, 9.17) is 11.6 Å². The van der Waals surface area contributed by atoms with E-state index in [0.29, 0.717) is 16.4 Å². The van der Waals surface area contributed by atoms with Gasteiger partial charge in [-0.3, -0.25) is 9.59 Å². The number of anilines is 2. The Morgan fingerprint density at radius 2 is 1.83 bits per heavy atom. The molecule has 0 bridgehead atoms. The van der Waals surface area contributed by atoms with Crippen molar-refractivity contribution in [2.75, 3.05) is 10.2 Å². The second-order valence-corrected chi connectivity index (χ2v) is 8.25. The summed E-state index contributed by atoms with van der Waals surface area (Å²) < 4.78 is 0. The molecule has 1 fully saturated rings. The number of hydrogen-bond acceptors (Lipinski definition) is 4. The van der Waals surface area contributed by atoms with Gasteiger partial charge in [0, 0.05) is 15.6 Å². The Morgan fingerprint density at radius 3 is 2.53 bits per heavy atom. The quantitative estimate of drug-likeness (QED) is 0.562. The van der Waals surface area contributed by atoms with Crippen LogP contribution in [0.5, 0.6) is 0 Å². The van der Waals surface area contributed by atoms with Crippen molar-refractivity contribution in [2.45, 2.75) is 19.0 Å². The van der Waals surface area contributed by atoms with Crippen molar-refractivity contribution in [1.29, 1.82) is 0 Å². The molecular weight excluding hydrogens is 422 g/mol. The number of nitrogens with zero attached hydrogens (tertiary/aromatic N) is 2.